The van der Waals surface area contributed by atoms with Crippen LogP contribution in [-0.4, -0.2) is 29.6 Å². The Hall–Kier alpha value is -2.19. The average Bonchev–Trinajstić information content (AvgIpc) is 2.84. The molecule has 3 fully saturated rings. The van der Waals surface area contributed by atoms with Crippen LogP contribution in [0.25, 0.3) is 0 Å². The first-order valence-electron chi connectivity index (χ1n) is 14.0. The lowest BCUT2D eigenvalue weighted by atomic mass is 9.34. The number of nitrogens with zero attached hydrogens (tertiary/aromatic N) is 1. The largest absolute Gasteiger partial charge is 0.469 e. The van der Waals surface area contributed by atoms with Crippen LogP contribution < -0.4 is 0 Å². The molecule has 0 aromatic rings. The summed E-state index contributed by atoms with van der Waals surface area (Å²) in [6, 6.07) is 2.10. The van der Waals surface area contributed by atoms with Gasteiger partial charge in [0.1, 0.15) is 0 Å². The Morgan fingerprint density at radius 1 is 1.03 bits per heavy atom. The van der Waals surface area contributed by atoms with Crippen molar-refractivity contribution >= 4 is 11.8 Å². The molecule has 0 radical (unpaired) electrons. The molecule has 0 amide bonds. The molecule has 0 heterocycles. The molecule has 0 saturated heterocycles. The number of ether oxygens (including phenoxy) is 1. The van der Waals surface area contributed by atoms with Crippen molar-refractivity contribution in [3.05, 3.63) is 34.9 Å². The van der Waals surface area contributed by atoms with E-state index < -0.39 is 16.9 Å². The fourth-order valence-corrected chi connectivity index (χ4v) is 9.59. The number of aliphatic hydroxyl groups is 1. The van der Waals surface area contributed by atoms with Gasteiger partial charge < -0.3 is 9.84 Å². The first-order chi connectivity index (χ1) is 17.1. The van der Waals surface area contributed by atoms with Crippen LogP contribution in [0.2, 0.25) is 0 Å². The van der Waals surface area contributed by atoms with Gasteiger partial charge >= 0.3 is 5.97 Å². The predicted octanol–water partition coefficient (Wildman–Crippen LogP) is 6.23. The number of carbonyl (C=O) groups is 2. The van der Waals surface area contributed by atoms with Crippen LogP contribution in [0.15, 0.2) is 34.9 Å². The lowest BCUT2D eigenvalue weighted by Crippen LogP contribution is -2.62. The first-order valence-corrected chi connectivity index (χ1v) is 14.0. The molecule has 3 saturated carbocycles. The normalized spacial score (nSPS) is 48.6. The van der Waals surface area contributed by atoms with Crippen LogP contribution in [0, 0.1) is 50.2 Å². The molecule has 5 aliphatic carbocycles. The van der Waals surface area contributed by atoms with Crippen molar-refractivity contribution in [3.63, 3.8) is 0 Å². The lowest BCUT2D eigenvalue weighted by Gasteiger charge is -2.70. The molecule has 2 unspecified atom stereocenters. The minimum Gasteiger partial charge on any atom is -0.469 e. The fraction of sp³-hybridized carbons (Fsp3) is 0.719. The van der Waals surface area contributed by atoms with Crippen molar-refractivity contribution < 1.29 is 19.4 Å². The molecule has 8 atom stereocenters. The molecule has 5 heteroatoms. The zero-order valence-corrected chi connectivity index (χ0v) is 23.7. The third-order valence-electron chi connectivity index (χ3n) is 12.4. The summed E-state index contributed by atoms with van der Waals surface area (Å²) in [5, 5.41) is 20.9. The SMILES string of the molecule is COC(=O)[C@]1(C)CC[C@]2(C)CC[C@]3(C)C4=CC=C5C(=CC(=O)C(CC#N)C5(C)O)[C@]4(C)CC[C@@]3(C)[C@@H]2C1. The highest BCUT2D eigenvalue weighted by Crippen LogP contribution is 2.75. The van der Waals surface area contributed by atoms with E-state index in [1.807, 2.05) is 6.08 Å². The maximum atomic E-state index is 13.2. The van der Waals surface area contributed by atoms with Crippen molar-refractivity contribution in [1.29, 1.82) is 5.26 Å². The summed E-state index contributed by atoms with van der Waals surface area (Å²) in [6.45, 7) is 13.4. The first kappa shape index (κ1) is 26.4. The smallest absolute Gasteiger partial charge is 0.311 e. The highest BCUT2D eigenvalue weighted by molar-refractivity contribution is 5.97. The molecular weight excluding hydrogens is 462 g/mol. The summed E-state index contributed by atoms with van der Waals surface area (Å²) in [5.41, 5.74) is 1.03. The van der Waals surface area contributed by atoms with Crippen LogP contribution in [-0.2, 0) is 14.3 Å². The van der Waals surface area contributed by atoms with Gasteiger partial charge in [-0.3, -0.25) is 9.59 Å². The molecule has 1 N–H and O–H groups in total. The molecule has 0 aromatic heterocycles. The van der Waals surface area contributed by atoms with Gasteiger partial charge in [0.05, 0.1) is 30.1 Å². The van der Waals surface area contributed by atoms with Crippen molar-refractivity contribution in [2.75, 3.05) is 7.11 Å². The average molecular weight is 506 g/mol. The third kappa shape index (κ3) is 3.24. The molecular formula is C32H43NO4. The van der Waals surface area contributed by atoms with Crippen molar-refractivity contribution in [1.82, 2.24) is 0 Å². The molecule has 37 heavy (non-hydrogen) atoms. The van der Waals surface area contributed by atoms with Gasteiger partial charge in [0.15, 0.2) is 5.78 Å². The zero-order valence-electron chi connectivity index (χ0n) is 23.7. The van der Waals surface area contributed by atoms with Gasteiger partial charge in [-0.15, -0.1) is 0 Å². The van der Waals surface area contributed by atoms with Gasteiger partial charge in [0, 0.05) is 11.8 Å². The number of methoxy groups -OCH3 is 1. The van der Waals surface area contributed by atoms with Crippen LogP contribution in [0.3, 0.4) is 0 Å². The number of allylic oxidation sites excluding steroid dienone is 4. The number of ketones is 1. The standard InChI is InChI=1S/C32H43NO4/c1-27-11-12-28(2,26(35)37-7)19-25(27)31(5)16-14-29(3)22-18-23(34)21(10-17-33)32(6,36)20(22)8-9-24(29)30(31,4)15-13-27/h8-9,18,21,25,36H,10-16,19H2,1-7H3/t21?,25-,27-,28-,29+,30-,31+,32?/m1/s1. The van der Waals surface area contributed by atoms with Gasteiger partial charge in [0.2, 0.25) is 0 Å². The van der Waals surface area contributed by atoms with Crippen molar-refractivity contribution in [3.8, 4) is 6.07 Å². The van der Waals surface area contributed by atoms with Crippen LogP contribution >= 0.6 is 0 Å². The number of carbonyl (C=O) groups excluding carboxylic acids is 2. The van der Waals surface area contributed by atoms with Crippen LogP contribution in [0.5, 0.6) is 0 Å². The predicted molar refractivity (Wildman–Crippen MR) is 142 cm³/mol. The van der Waals surface area contributed by atoms with E-state index in [4.69, 9.17) is 4.74 Å². The van der Waals surface area contributed by atoms with Gasteiger partial charge in [-0.1, -0.05) is 45.4 Å². The van der Waals surface area contributed by atoms with Gasteiger partial charge in [-0.2, -0.15) is 5.26 Å². The monoisotopic (exact) mass is 505 g/mol. The van der Waals surface area contributed by atoms with Gasteiger partial charge in [-0.05, 0) is 98.2 Å². The number of fused-ring (bicyclic) bond motifs is 7. The third-order valence-corrected chi connectivity index (χ3v) is 12.4. The minimum absolute atomic E-state index is 0.00249. The van der Waals surface area contributed by atoms with E-state index >= 15 is 0 Å². The van der Waals surface area contributed by atoms with Crippen molar-refractivity contribution in [2.45, 2.75) is 98.5 Å². The summed E-state index contributed by atoms with van der Waals surface area (Å²) in [6.07, 6.45) is 12.9. The number of hydrogen-bond donors (Lipinski definition) is 1. The maximum Gasteiger partial charge on any atom is 0.311 e. The van der Waals surface area contributed by atoms with E-state index in [-0.39, 0.29) is 39.8 Å². The summed E-state index contributed by atoms with van der Waals surface area (Å²) >= 11 is 0. The Morgan fingerprint density at radius 3 is 2.35 bits per heavy atom. The number of nitriles is 1. The summed E-state index contributed by atoms with van der Waals surface area (Å²) in [5.74, 6) is -0.575. The summed E-state index contributed by atoms with van der Waals surface area (Å²) in [4.78, 5) is 26.1. The highest BCUT2D eigenvalue weighted by Gasteiger charge is 2.68. The quantitative estimate of drug-likeness (QED) is 0.449. The molecule has 5 nitrogen and oxygen atoms in total. The molecule has 200 valence electrons. The Kier molecular flexibility index (Phi) is 5.65. The number of rotatable bonds is 2. The Morgan fingerprint density at radius 2 is 1.70 bits per heavy atom. The molecule has 0 spiro atoms. The Labute approximate surface area is 222 Å². The van der Waals surface area contributed by atoms with Crippen LogP contribution in [0.4, 0.5) is 0 Å². The number of esters is 1. The van der Waals surface area contributed by atoms with E-state index in [9.17, 15) is 20.0 Å². The molecule has 5 aliphatic rings. The molecule has 0 aromatic carbocycles. The fourth-order valence-electron chi connectivity index (χ4n) is 9.59. The Balaban J connectivity index is 1.62. The maximum absolute atomic E-state index is 13.2. The second-order valence-corrected chi connectivity index (χ2v) is 14.2. The number of hydrogen-bond acceptors (Lipinski definition) is 5. The minimum atomic E-state index is -1.36. The van der Waals surface area contributed by atoms with E-state index in [1.165, 1.54) is 12.7 Å². The zero-order chi connectivity index (χ0) is 27.2. The van der Waals surface area contributed by atoms with Gasteiger partial charge in [-0.25, -0.2) is 0 Å². The lowest BCUT2D eigenvalue weighted by molar-refractivity contribution is -0.180. The summed E-state index contributed by atoms with van der Waals surface area (Å²) in [7, 11) is 1.51. The second kappa shape index (κ2) is 7.92. The van der Waals surface area contributed by atoms with Crippen molar-refractivity contribution in [2.24, 2.45) is 38.9 Å². The highest BCUT2D eigenvalue weighted by atomic mass is 16.5. The molecule has 0 aliphatic heterocycles. The van der Waals surface area contributed by atoms with Gasteiger partial charge in [0.25, 0.3) is 0 Å². The second-order valence-electron chi connectivity index (χ2n) is 14.2. The molecule has 0 bridgehead atoms. The molecule has 5 rings (SSSR count). The Bertz CT molecular complexity index is 1200. The summed E-state index contributed by atoms with van der Waals surface area (Å²) < 4.78 is 5.27. The van der Waals surface area contributed by atoms with E-state index in [1.54, 1.807) is 13.0 Å². The van der Waals surface area contributed by atoms with Crippen LogP contribution in [0.1, 0.15) is 92.9 Å². The van der Waals surface area contributed by atoms with E-state index in [2.05, 4.69) is 46.8 Å². The topological polar surface area (TPSA) is 87.4 Å². The van der Waals surface area contributed by atoms with E-state index in [0.717, 1.165) is 56.1 Å². The van der Waals surface area contributed by atoms with E-state index in [0.29, 0.717) is 5.92 Å².